The van der Waals surface area contributed by atoms with E-state index in [1.165, 1.54) is 19.0 Å². The molecule has 1 unspecified atom stereocenters. The molecule has 1 spiro atoms. The number of imide groups is 1. The number of aryl methyl sites for hydroxylation is 1. The van der Waals surface area contributed by atoms with Crippen molar-refractivity contribution in [2.75, 3.05) is 92.0 Å². The normalized spacial score (nSPS) is 19.1. The molecule has 0 bridgehead atoms. The first kappa shape index (κ1) is 47.3. The molecule has 0 saturated carbocycles. The van der Waals surface area contributed by atoms with Crippen molar-refractivity contribution >= 4 is 87.4 Å². The zero-order chi connectivity index (χ0) is 48.6. The van der Waals surface area contributed by atoms with Crippen LogP contribution in [0.4, 0.5) is 40.5 Å². The van der Waals surface area contributed by atoms with E-state index in [4.69, 9.17) is 26.3 Å². The van der Waals surface area contributed by atoms with Crippen LogP contribution in [0.2, 0.25) is 5.02 Å². The third kappa shape index (κ3) is 10.3. The molecule has 4 aliphatic rings. The van der Waals surface area contributed by atoms with Crippen LogP contribution in [0.3, 0.4) is 0 Å². The maximum absolute atomic E-state index is 13.6. The molecule has 1 atom stereocenters. The Hall–Kier alpha value is -6.36. The number of carbonyl (C=O) groups excluding carboxylic acids is 2. The van der Waals surface area contributed by atoms with E-state index in [0.717, 1.165) is 94.1 Å². The minimum atomic E-state index is -2.83. The van der Waals surface area contributed by atoms with Gasteiger partial charge in [0.15, 0.2) is 5.82 Å². The molecule has 4 aromatic heterocycles. The number of nitrogens with one attached hydrogen (secondary N) is 4. The molecule has 4 N–H and O–H groups in total. The molecule has 0 aliphatic carbocycles. The van der Waals surface area contributed by atoms with Gasteiger partial charge in [-0.1, -0.05) is 17.7 Å². The lowest BCUT2D eigenvalue weighted by Crippen LogP contribution is -2.48. The molecule has 4 fully saturated rings. The lowest BCUT2D eigenvalue weighted by atomic mass is 9.71. The first-order valence-corrected chi connectivity index (χ1v) is 27.1. The average Bonchev–Trinajstić information content (AvgIpc) is 3.80. The molecular weight excluding hydrogens is 927 g/mol. The van der Waals surface area contributed by atoms with Crippen LogP contribution in [0, 0.1) is 11.3 Å². The number of amides is 2. The topological polar surface area (TPSA) is 201 Å². The zero-order valence-corrected chi connectivity index (χ0v) is 41.8. The number of nitrogens with zero attached hydrogens (tertiary/aromatic N) is 10. The number of rotatable bonds is 13. The van der Waals surface area contributed by atoms with Crippen molar-refractivity contribution in [1.82, 2.24) is 44.9 Å². The quantitative estimate of drug-likeness (QED) is 0.0657. The number of ether oxygens (including phenoxy) is 1. The summed E-state index contributed by atoms with van der Waals surface area (Å²) in [6.07, 6.45) is 16.4. The van der Waals surface area contributed by atoms with Gasteiger partial charge in [-0.2, -0.15) is 10.1 Å². The minimum Gasteiger partial charge on any atom is -0.494 e. The van der Waals surface area contributed by atoms with Gasteiger partial charge < -0.3 is 40.0 Å². The number of halogens is 1. The summed E-state index contributed by atoms with van der Waals surface area (Å²) >= 11 is 6.69. The van der Waals surface area contributed by atoms with E-state index >= 15 is 0 Å². The monoisotopic (exact) mass is 986 g/mol. The minimum absolute atomic E-state index is 0.222. The summed E-state index contributed by atoms with van der Waals surface area (Å²) in [4.78, 5) is 54.5. The van der Waals surface area contributed by atoms with Crippen molar-refractivity contribution in [2.24, 2.45) is 18.4 Å². The predicted octanol–water partition coefficient (Wildman–Crippen LogP) is 7.43. The summed E-state index contributed by atoms with van der Waals surface area (Å²) in [7, 11) is 0.771. The second-order valence-electron chi connectivity index (χ2n) is 19.6. The maximum atomic E-state index is 13.6. The van der Waals surface area contributed by atoms with E-state index < -0.39 is 13.2 Å². The van der Waals surface area contributed by atoms with Gasteiger partial charge in [-0.3, -0.25) is 29.6 Å². The highest BCUT2D eigenvalue weighted by atomic mass is 35.5. The molecule has 6 aromatic rings. The lowest BCUT2D eigenvalue weighted by Gasteiger charge is -2.48. The summed E-state index contributed by atoms with van der Waals surface area (Å²) in [5, 5.41) is 17.8. The highest BCUT2D eigenvalue weighted by Gasteiger charge is 2.39. The van der Waals surface area contributed by atoms with Gasteiger partial charge in [0.25, 0.3) is 0 Å². The Labute approximate surface area is 412 Å². The Morgan fingerprint density at radius 2 is 1.64 bits per heavy atom. The molecule has 20 heteroatoms. The second-order valence-corrected chi connectivity index (χ2v) is 23.2. The van der Waals surface area contributed by atoms with Gasteiger partial charge >= 0.3 is 0 Å². The third-order valence-corrected chi connectivity index (χ3v) is 16.4. The van der Waals surface area contributed by atoms with Gasteiger partial charge in [0, 0.05) is 87.7 Å². The summed E-state index contributed by atoms with van der Waals surface area (Å²) in [6.45, 7) is 10.6. The van der Waals surface area contributed by atoms with Crippen molar-refractivity contribution in [3.8, 4) is 16.9 Å². The van der Waals surface area contributed by atoms with Crippen LogP contribution in [0.5, 0.6) is 5.75 Å². The fourth-order valence-electron chi connectivity index (χ4n) is 10.7. The molecule has 0 radical (unpaired) electrons. The number of anilines is 7. The molecule has 2 amide bonds. The molecule has 18 nitrogen and oxygen atoms in total. The van der Waals surface area contributed by atoms with Gasteiger partial charge in [0.05, 0.1) is 41.7 Å². The summed E-state index contributed by atoms with van der Waals surface area (Å²) in [5.41, 5.74) is 5.92. The van der Waals surface area contributed by atoms with E-state index in [2.05, 4.69) is 68.2 Å². The second kappa shape index (κ2) is 19.8. The molecule has 4 saturated heterocycles. The average molecular weight is 988 g/mol. The first-order valence-electron chi connectivity index (χ1n) is 24.2. The SMILES string of the molecule is COc1cc(N2CCC3(CCN(CC4CCN(c5cccc(NC6CCC(=O)NC6=O)n5)CC4)CC3)CC2)c(-c2cnn(C)c2)cc1Nc1ncc(Cl)c(Nc2ccc3nccnc3c2P(C)(C)=O)n1. The van der Waals surface area contributed by atoms with Crippen LogP contribution in [0.1, 0.15) is 51.4 Å². The number of methoxy groups -OCH3 is 1. The molecule has 10 rings (SSSR count). The number of benzene rings is 2. The Balaban J connectivity index is 0.772. The number of carbonyl (C=O) groups is 2. The van der Waals surface area contributed by atoms with Crippen molar-refractivity contribution in [2.45, 2.75) is 57.4 Å². The number of fused-ring (bicyclic) bond motifs is 1. The number of pyridine rings is 1. The molecular formula is C50H60ClN14O4P. The van der Waals surface area contributed by atoms with Crippen LogP contribution in [0.15, 0.2) is 73.4 Å². The zero-order valence-electron chi connectivity index (χ0n) is 40.1. The molecule has 4 aliphatic heterocycles. The third-order valence-electron chi connectivity index (χ3n) is 14.6. The van der Waals surface area contributed by atoms with Gasteiger partial charge in [0.2, 0.25) is 17.8 Å². The van der Waals surface area contributed by atoms with Crippen molar-refractivity contribution < 1.29 is 18.9 Å². The fourth-order valence-corrected chi connectivity index (χ4v) is 12.2. The number of aromatic nitrogens is 7. The highest BCUT2D eigenvalue weighted by molar-refractivity contribution is 7.71. The van der Waals surface area contributed by atoms with Gasteiger partial charge in [0.1, 0.15) is 41.1 Å². The largest absolute Gasteiger partial charge is 0.494 e. The first-order chi connectivity index (χ1) is 33.8. The van der Waals surface area contributed by atoms with Crippen molar-refractivity contribution in [1.29, 1.82) is 0 Å². The Morgan fingerprint density at radius 3 is 2.37 bits per heavy atom. The van der Waals surface area contributed by atoms with Gasteiger partial charge in [-0.15, -0.1) is 0 Å². The number of hydrogen-bond acceptors (Lipinski definition) is 16. The van der Waals surface area contributed by atoms with Crippen LogP contribution >= 0.6 is 18.7 Å². The van der Waals surface area contributed by atoms with Crippen molar-refractivity contribution in [3.63, 3.8) is 0 Å². The summed E-state index contributed by atoms with van der Waals surface area (Å²) < 4.78 is 21.5. The van der Waals surface area contributed by atoms with E-state index in [9.17, 15) is 14.2 Å². The van der Waals surface area contributed by atoms with E-state index in [-0.39, 0.29) is 11.8 Å². The van der Waals surface area contributed by atoms with Crippen molar-refractivity contribution in [3.05, 3.63) is 78.5 Å². The van der Waals surface area contributed by atoms with Crippen LogP contribution < -0.4 is 41.1 Å². The Morgan fingerprint density at radius 1 is 0.871 bits per heavy atom. The Kier molecular flexibility index (Phi) is 13.4. The summed E-state index contributed by atoms with van der Waals surface area (Å²) in [5.74, 6) is 3.01. The maximum Gasteiger partial charge on any atom is 0.249 e. The van der Waals surface area contributed by atoms with Crippen LogP contribution in [-0.2, 0) is 21.2 Å². The number of likely N-dealkylation sites (tertiary alicyclic amines) is 1. The molecule has 2 aromatic carbocycles. The predicted molar refractivity (Wildman–Crippen MR) is 276 cm³/mol. The molecule has 8 heterocycles. The number of hydrogen-bond donors (Lipinski definition) is 4. The van der Waals surface area contributed by atoms with Gasteiger partial charge in [-0.25, -0.2) is 9.97 Å². The Bertz CT molecular complexity index is 2960. The lowest BCUT2D eigenvalue weighted by molar-refractivity contribution is -0.133. The summed E-state index contributed by atoms with van der Waals surface area (Å²) in [6, 6.07) is 13.3. The van der Waals surface area contributed by atoms with E-state index in [1.54, 1.807) is 32.8 Å². The van der Waals surface area contributed by atoms with E-state index in [1.807, 2.05) is 54.5 Å². The van der Waals surface area contributed by atoms with Crippen LogP contribution in [0.25, 0.3) is 22.2 Å². The smallest absolute Gasteiger partial charge is 0.249 e. The van der Waals surface area contributed by atoms with Gasteiger partial charge in [-0.05, 0) is 113 Å². The standard InChI is InChI=1S/C50H60ClN14O4P/c1-62-31-33(28-55-62)34-26-39(58-49-54-29-35(51)47(61-49)57-37-9-8-36-45(53-19-18-52-36)46(37)70(3,4)68)41(69-2)27-40(34)64-24-16-50(17-25-64)14-22-63(23-15-50)30-32-12-20-65(21-13-32)43-7-5-6-42(59-43)56-38-10-11-44(66)60-48(38)67/h5-9,18-19,26-29,31-32,38H,10-17,20-25,30H2,1-4H3,(H,56,59)(H,60,66,67)(H2,54,57,58,61). The molecule has 366 valence electrons. The van der Waals surface area contributed by atoms with Crippen LogP contribution in [-0.4, -0.2) is 124 Å². The van der Waals surface area contributed by atoms with E-state index in [0.29, 0.717) is 80.2 Å². The highest BCUT2D eigenvalue weighted by Crippen LogP contribution is 2.47. The number of piperidine rings is 4. The fraction of sp³-hybridized carbons (Fsp3) is 0.440. The molecule has 70 heavy (non-hydrogen) atoms.